The van der Waals surface area contributed by atoms with Crippen LogP contribution in [0.15, 0.2) is 18.2 Å². The van der Waals surface area contributed by atoms with Gasteiger partial charge >= 0.3 is 0 Å². The number of rotatable bonds is 1. The fourth-order valence-corrected chi connectivity index (χ4v) is 3.76. The highest BCUT2D eigenvalue weighted by Gasteiger charge is 2.27. The summed E-state index contributed by atoms with van der Waals surface area (Å²) < 4.78 is 0. The van der Waals surface area contributed by atoms with Crippen LogP contribution in [-0.2, 0) is 17.8 Å². The van der Waals surface area contributed by atoms with Gasteiger partial charge < -0.3 is 10.6 Å². The lowest BCUT2D eigenvalue weighted by Gasteiger charge is -2.33. The molecule has 1 saturated carbocycles. The molecule has 0 bridgehead atoms. The lowest BCUT2D eigenvalue weighted by atomic mass is 9.89. The molecule has 0 saturated heterocycles. The molecule has 3 rings (SSSR count). The van der Waals surface area contributed by atoms with E-state index >= 15 is 0 Å². The highest BCUT2D eigenvalue weighted by Crippen LogP contribution is 2.28. The molecular formula is C18H26N2O. The van der Waals surface area contributed by atoms with Crippen molar-refractivity contribution in [2.75, 3.05) is 12.3 Å². The van der Waals surface area contributed by atoms with Crippen molar-refractivity contribution in [3.05, 3.63) is 29.3 Å². The monoisotopic (exact) mass is 286 g/mol. The van der Waals surface area contributed by atoms with Crippen molar-refractivity contribution in [2.45, 2.75) is 57.9 Å². The van der Waals surface area contributed by atoms with E-state index in [1.165, 1.54) is 43.2 Å². The summed E-state index contributed by atoms with van der Waals surface area (Å²) in [6, 6.07) is 6.10. The van der Waals surface area contributed by atoms with Gasteiger partial charge in [0.25, 0.3) is 0 Å². The Hall–Kier alpha value is -1.51. The second-order valence-corrected chi connectivity index (χ2v) is 6.54. The Balaban J connectivity index is 1.69. The largest absolute Gasteiger partial charge is 0.398 e. The van der Waals surface area contributed by atoms with E-state index in [4.69, 9.17) is 5.73 Å². The normalized spacial score (nSPS) is 20.5. The molecule has 114 valence electrons. The van der Waals surface area contributed by atoms with Crippen LogP contribution in [-0.4, -0.2) is 17.4 Å². The average molecular weight is 286 g/mol. The van der Waals surface area contributed by atoms with Crippen molar-refractivity contribution in [3.63, 3.8) is 0 Å². The Morgan fingerprint density at radius 1 is 1.10 bits per heavy atom. The molecule has 0 unspecified atom stereocenters. The van der Waals surface area contributed by atoms with E-state index in [9.17, 15) is 4.79 Å². The first-order chi connectivity index (χ1) is 10.3. The molecule has 21 heavy (non-hydrogen) atoms. The van der Waals surface area contributed by atoms with E-state index in [2.05, 4.69) is 6.07 Å². The number of amides is 1. The highest BCUT2D eigenvalue weighted by atomic mass is 16.2. The predicted molar refractivity (Wildman–Crippen MR) is 85.8 cm³/mol. The van der Waals surface area contributed by atoms with Crippen molar-refractivity contribution in [1.29, 1.82) is 0 Å². The maximum atomic E-state index is 12.8. The molecule has 1 heterocycles. The van der Waals surface area contributed by atoms with E-state index in [-0.39, 0.29) is 5.92 Å². The number of anilines is 1. The first-order valence-electron chi connectivity index (χ1n) is 8.41. The maximum absolute atomic E-state index is 12.8. The predicted octanol–water partition coefficient (Wildman–Crippen LogP) is 3.51. The van der Waals surface area contributed by atoms with Gasteiger partial charge in [0.2, 0.25) is 5.91 Å². The molecule has 3 heteroatoms. The highest BCUT2D eigenvalue weighted by molar-refractivity contribution is 5.79. The zero-order valence-electron chi connectivity index (χ0n) is 12.8. The molecule has 1 aliphatic heterocycles. The molecule has 1 aromatic carbocycles. The molecule has 1 aliphatic carbocycles. The van der Waals surface area contributed by atoms with Gasteiger partial charge in [-0.2, -0.15) is 0 Å². The molecule has 0 aromatic heterocycles. The summed E-state index contributed by atoms with van der Waals surface area (Å²) >= 11 is 0. The average Bonchev–Trinajstić information content (AvgIpc) is 2.46. The van der Waals surface area contributed by atoms with Crippen molar-refractivity contribution in [2.24, 2.45) is 5.92 Å². The number of benzene rings is 1. The van der Waals surface area contributed by atoms with Crippen LogP contribution < -0.4 is 5.73 Å². The van der Waals surface area contributed by atoms with Crippen LogP contribution in [0.5, 0.6) is 0 Å². The number of nitrogen functional groups attached to an aromatic ring is 1. The third kappa shape index (κ3) is 3.22. The number of hydrogen-bond acceptors (Lipinski definition) is 2. The minimum absolute atomic E-state index is 0.247. The Morgan fingerprint density at radius 3 is 2.57 bits per heavy atom. The Labute approximate surface area is 127 Å². The van der Waals surface area contributed by atoms with E-state index in [1.54, 1.807) is 0 Å². The first-order valence-corrected chi connectivity index (χ1v) is 8.41. The van der Waals surface area contributed by atoms with Crippen molar-refractivity contribution in [3.8, 4) is 0 Å². The van der Waals surface area contributed by atoms with Crippen molar-refractivity contribution < 1.29 is 4.79 Å². The number of nitrogens with zero attached hydrogens (tertiary/aromatic N) is 1. The smallest absolute Gasteiger partial charge is 0.225 e. The SMILES string of the molecule is Nc1cccc2c1CN(C(=O)C1CCCCCCC1)CC2. The van der Waals surface area contributed by atoms with Gasteiger partial charge in [-0.1, -0.05) is 44.2 Å². The second-order valence-electron chi connectivity index (χ2n) is 6.54. The molecule has 1 aromatic rings. The van der Waals surface area contributed by atoms with Gasteiger partial charge in [-0.25, -0.2) is 0 Å². The summed E-state index contributed by atoms with van der Waals surface area (Å²) in [4.78, 5) is 14.9. The standard InChI is InChI=1S/C18H26N2O/c19-17-10-6-9-14-11-12-20(13-16(14)17)18(21)15-7-4-2-1-3-5-8-15/h6,9-10,15H,1-5,7-8,11-13,19H2. The molecule has 2 N–H and O–H groups in total. The van der Waals surface area contributed by atoms with E-state index < -0.39 is 0 Å². The molecular weight excluding hydrogens is 260 g/mol. The summed E-state index contributed by atoms with van der Waals surface area (Å²) in [6.07, 6.45) is 9.44. The molecule has 0 atom stereocenters. The van der Waals surface area contributed by atoms with Crippen molar-refractivity contribution >= 4 is 11.6 Å². The number of nitrogens with two attached hydrogens (primary N) is 1. The fourth-order valence-electron chi connectivity index (χ4n) is 3.76. The second kappa shape index (κ2) is 6.50. The molecule has 2 aliphatic rings. The zero-order chi connectivity index (χ0) is 14.7. The lowest BCUT2D eigenvalue weighted by Crippen LogP contribution is -2.40. The van der Waals surface area contributed by atoms with E-state index in [0.717, 1.165) is 31.5 Å². The topological polar surface area (TPSA) is 46.3 Å². The van der Waals surface area contributed by atoms with Gasteiger partial charge in [0.15, 0.2) is 0 Å². The molecule has 3 nitrogen and oxygen atoms in total. The minimum atomic E-state index is 0.247. The van der Waals surface area contributed by atoms with Gasteiger partial charge in [-0.05, 0) is 36.5 Å². The molecule has 1 amide bonds. The number of carbonyl (C=O) groups excluding carboxylic acids is 1. The third-order valence-electron chi connectivity index (χ3n) is 5.08. The van der Waals surface area contributed by atoms with Gasteiger partial charge in [-0.3, -0.25) is 4.79 Å². The number of carbonyl (C=O) groups is 1. The Bertz CT molecular complexity index is 504. The Morgan fingerprint density at radius 2 is 1.81 bits per heavy atom. The molecule has 0 radical (unpaired) electrons. The summed E-state index contributed by atoms with van der Waals surface area (Å²) in [7, 11) is 0. The fraction of sp³-hybridized carbons (Fsp3) is 0.611. The Kier molecular flexibility index (Phi) is 4.47. The quantitative estimate of drug-likeness (QED) is 0.803. The third-order valence-corrected chi connectivity index (χ3v) is 5.08. The number of fused-ring (bicyclic) bond motifs is 1. The summed E-state index contributed by atoms with van der Waals surface area (Å²) in [5.41, 5.74) is 9.41. The van der Waals surface area contributed by atoms with Crippen LogP contribution in [0.3, 0.4) is 0 Å². The lowest BCUT2D eigenvalue weighted by molar-refractivity contribution is -0.137. The number of hydrogen-bond donors (Lipinski definition) is 1. The first kappa shape index (κ1) is 14.4. The minimum Gasteiger partial charge on any atom is -0.398 e. The van der Waals surface area contributed by atoms with Crippen molar-refractivity contribution in [1.82, 2.24) is 4.90 Å². The van der Waals surface area contributed by atoms with Gasteiger partial charge in [0.1, 0.15) is 0 Å². The van der Waals surface area contributed by atoms with Gasteiger partial charge in [0, 0.05) is 24.7 Å². The summed E-state index contributed by atoms with van der Waals surface area (Å²) in [6.45, 7) is 1.56. The van der Waals surface area contributed by atoms with Crippen LogP contribution >= 0.6 is 0 Å². The van der Waals surface area contributed by atoms with Gasteiger partial charge in [0.05, 0.1) is 0 Å². The van der Waals surface area contributed by atoms with Crippen LogP contribution in [0.4, 0.5) is 5.69 Å². The van der Waals surface area contributed by atoms with Crippen LogP contribution in [0, 0.1) is 5.92 Å². The molecule has 0 spiro atoms. The zero-order valence-corrected chi connectivity index (χ0v) is 12.8. The van der Waals surface area contributed by atoms with Crippen LogP contribution in [0.25, 0.3) is 0 Å². The van der Waals surface area contributed by atoms with Crippen LogP contribution in [0.1, 0.15) is 56.1 Å². The summed E-state index contributed by atoms with van der Waals surface area (Å²) in [5, 5.41) is 0. The summed E-state index contributed by atoms with van der Waals surface area (Å²) in [5.74, 6) is 0.614. The van der Waals surface area contributed by atoms with Gasteiger partial charge in [-0.15, -0.1) is 0 Å². The molecule has 1 fully saturated rings. The maximum Gasteiger partial charge on any atom is 0.225 e. The van der Waals surface area contributed by atoms with E-state index in [1.807, 2.05) is 17.0 Å². The van der Waals surface area contributed by atoms with Crippen LogP contribution in [0.2, 0.25) is 0 Å². The van der Waals surface area contributed by atoms with E-state index in [0.29, 0.717) is 12.5 Å².